The number of nitrogens with zero attached hydrogens (tertiary/aromatic N) is 4. The van der Waals surface area contributed by atoms with Crippen LogP contribution in [0.1, 0.15) is 18.5 Å². The molecule has 0 bridgehead atoms. The Morgan fingerprint density at radius 3 is 2.49 bits per heavy atom. The Balaban J connectivity index is 1.50. The summed E-state index contributed by atoms with van der Waals surface area (Å²) in [6, 6.07) is 21.6. The Labute approximate surface area is 228 Å². The first-order valence-corrected chi connectivity index (χ1v) is 15.4. The maximum atomic E-state index is 12.1. The molecule has 0 aliphatic carbocycles. The Bertz CT molecular complexity index is 1500. The minimum absolute atomic E-state index is 0.320. The molecule has 0 spiro atoms. The molecule has 5 rings (SSSR count). The van der Waals surface area contributed by atoms with Crippen LogP contribution in [0.2, 0.25) is 5.02 Å². The molecule has 1 saturated heterocycles. The minimum atomic E-state index is -3.28. The van der Waals surface area contributed by atoms with Crippen molar-refractivity contribution in [3.63, 3.8) is 0 Å². The van der Waals surface area contributed by atoms with Gasteiger partial charge in [0, 0.05) is 23.7 Å². The van der Waals surface area contributed by atoms with Crippen LogP contribution in [0.25, 0.3) is 26.7 Å². The number of likely N-dealkylation sites (tertiary alicyclic amines) is 1. The highest BCUT2D eigenvalue weighted by molar-refractivity contribution is 7.90. The SMILES string of the molecule is CN1CCC(N(C)Cc2cc(-c3ccc(-c4cccc(S(C)(=O)=O)c4)s3)n(-c3ccccc3Cl)n2)CC1. The Kier molecular flexibility index (Phi) is 7.56. The Hall–Kier alpha value is -2.49. The van der Waals surface area contributed by atoms with Gasteiger partial charge in [-0.25, -0.2) is 13.1 Å². The van der Waals surface area contributed by atoms with E-state index in [2.05, 4.69) is 36.0 Å². The topological polar surface area (TPSA) is 58.4 Å². The minimum Gasteiger partial charge on any atom is -0.306 e. The summed E-state index contributed by atoms with van der Waals surface area (Å²) in [4.78, 5) is 7.15. The van der Waals surface area contributed by atoms with Gasteiger partial charge in [-0.1, -0.05) is 35.9 Å². The van der Waals surface area contributed by atoms with Gasteiger partial charge >= 0.3 is 0 Å². The van der Waals surface area contributed by atoms with Crippen LogP contribution in [0.3, 0.4) is 0 Å². The third kappa shape index (κ3) is 5.84. The number of hydrogen-bond donors (Lipinski definition) is 0. The average molecular weight is 555 g/mol. The van der Waals surface area contributed by atoms with Gasteiger partial charge in [0.15, 0.2) is 9.84 Å². The van der Waals surface area contributed by atoms with Gasteiger partial charge in [0.25, 0.3) is 0 Å². The molecule has 4 aromatic rings. The maximum absolute atomic E-state index is 12.1. The lowest BCUT2D eigenvalue weighted by Gasteiger charge is -2.34. The van der Waals surface area contributed by atoms with Gasteiger partial charge in [0.05, 0.1) is 31.9 Å². The van der Waals surface area contributed by atoms with Crippen LogP contribution in [-0.4, -0.2) is 67.5 Å². The predicted octanol–water partition coefficient (Wildman–Crippen LogP) is 5.85. The first kappa shape index (κ1) is 26.1. The molecule has 0 amide bonds. The number of benzene rings is 2. The molecule has 0 N–H and O–H groups in total. The number of para-hydroxylation sites is 1. The van der Waals surface area contributed by atoms with E-state index in [0.29, 0.717) is 16.0 Å². The molecule has 6 nitrogen and oxygen atoms in total. The van der Waals surface area contributed by atoms with E-state index in [4.69, 9.17) is 16.7 Å². The highest BCUT2D eigenvalue weighted by atomic mass is 35.5. The summed E-state index contributed by atoms with van der Waals surface area (Å²) < 4.78 is 26.1. The van der Waals surface area contributed by atoms with E-state index < -0.39 is 9.84 Å². The lowest BCUT2D eigenvalue weighted by molar-refractivity contribution is 0.138. The highest BCUT2D eigenvalue weighted by Crippen LogP contribution is 2.37. The number of hydrogen-bond acceptors (Lipinski definition) is 6. The largest absolute Gasteiger partial charge is 0.306 e. The van der Waals surface area contributed by atoms with Crippen LogP contribution in [0.15, 0.2) is 71.6 Å². The van der Waals surface area contributed by atoms with Gasteiger partial charge < -0.3 is 4.90 Å². The number of halogens is 1. The molecule has 0 radical (unpaired) electrons. The quantitative estimate of drug-likeness (QED) is 0.287. The zero-order chi connectivity index (χ0) is 26.2. The molecule has 1 aliphatic rings. The van der Waals surface area contributed by atoms with Crippen molar-refractivity contribution in [2.45, 2.75) is 30.3 Å². The smallest absolute Gasteiger partial charge is 0.175 e. The second-order valence-corrected chi connectivity index (χ2v) is 13.3. The van der Waals surface area contributed by atoms with E-state index >= 15 is 0 Å². The molecule has 2 aromatic heterocycles. The number of aromatic nitrogens is 2. The molecule has 1 aliphatic heterocycles. The summed E-state index contributed by atoms with van der Waals surface area (Å²) in [7, 11) is 1.09. The van der Waals surface area contributed by atoms with E-state index in [0.717, 1.165) is 64.9 Å². The molecule has 0 unspecified atom stereocenters. The van der Waals surface area contributed by atoms with Crippen LogP contribution >= 0.6 is 22.9 Å². The summed E-state index contributed by atoms with van der Waals surface area (Å²) in [5.74, 6) is 0. The molecular formula is C28H31ClN4O2S2. The standard InChI is InChI=1S/C28H31ClN4O2S2/c1-31-15-13-22(14-16-31)32(2)19-21-18-26(33(30-21)25-10-5-4-9-24(25)29)28-12-11-27(36-28)20-7-6-8-23(17-20)37(3,34)35/h4-12,17-18,22H,13-16,19H2,1-3H3. The normalized spacial score (nSPS) is 15.5. The number of rotatable bonds is 7. The average Bonchev–Trinajstić information content (AvgIpc) is 3.52. The fourth-order valence-electron chi connectivity index (χ4n) is 4.82. The van der Waals surface area contributed by atoms with Gasteiger partial charge in [-0.05, 0) is 88.1 Å². The van der Waals surface area contributed by atoms with Crippen molar-refractivity contribution in [1.82, 2.24) is 19.6 Å². The van der Waals surface area contributed by atoms with E-state index in [1.807, 2.05) is 41.1 Å². The van der Waals surface area contributed by atoms with E-state index in [1.54, 1.807) is 29.5 Å². The highest BCUT2D eigenvalue weighted by Gasteiger charge is 2.23. The first-order chi connectivity index (χ1) is 17.7. The van der Waals surface area contributed by atoms with Crippen LogP contribution in [0, 0.1) is 0 Å². The van der Waals surface area contributed by atoms with Gasteiger partial charge in [-0.15, -0.1) is 11.3 Å². The summed E-state index contributed by atoms with van der Waals surface area (Å²) in [6.07, 6.45) is 3.55. The number of thiophene rings is 1. The monoisotopic (exact) mass is 554 g/mol. The van der Waals surface area contributed by atoms with Gasteiger partial charge in [0.1, 0.15) is 0 Å². The second kappa shape index (κ2) is 10.7. The van der Waals surface area contributed by atoms with Crippen LogP contribution in [0.5, 0.6) is 0 Å². The zero-order valence-electron chi connectivity index (χ0n) is 21.3. The molecule has 1 fully saturated rings. The molecule has 194 valence electrons. The molecule has 0 atom stereocenters. The maximum Gasteiger partial charge on any atom is 0.175 e. The first-order valence-electron chi connectivity index (χ1n) is 12.3. The molecule has 9 heteroatoms. The van der Waals surface area contributed by atoms with Gasteiger partial charge in [0.2, 0.25) is 0 Å². The molecule has 2 aromatic carbocycles. The van der Waals surface area contributed by atoms with Crippen LogP contribution in [0.4, 0.5) is 0 Å². The van der Waals surface area contributed by atoms with Crippen molar-refractivity contribution in [1.29, 1.82) is 0 Å². The van der Waals surface area contributed by atoms with Gasteiger partial charge in [-0.3, -0.25) is 4.90 Å². The summed E-state index contributed by atoms with van der Waals surface area (Å²) in [6.45, 7) is 2.99. The Morgan fingerprint density at radius 2 is 1.76 bits per heavy atom. The third-order valence-corrected chi connectivity index (χ3v) is 9.56. The van der Waals surface area contributed by atoms with Crippen molar-refractivity contribution < 1.29 is 8.42 Å². The molecular weight excluding hydrogens is 524 g/mol. The fourth-order valence-corrected chi connectivity index (χ4v) is 6.71. The summed E-state index contributed by atoms with van der Waals surface area (Å²) in [5.41, 5.74) is 3.67. The molecule has 37 heavy (non-hydrogen) atoms. The fraction of sp³-hybridized carbons (Fsp3) is 0.321. The second-order valence-electron chi connectivity index (χ2n) is 9.80. The number of sulfone groups is 1. The molecule has 3 heterocycles. The third-order valence-electron chi connectivity index (χ3n) is 6.97. The van der Waals surface area contributed by atoms with Crippen molar-refractivity contribution in [3.05, 3.63) is 77.4 Å². The van der Waals surface area contributed by atoms with Crippen molar-refractivity contribution in [3.8, 4) is 26.7 Å². The summed E-state index contributed by atoms with van der Waals surface area (Å²) >= 11 is 8.22. The zero-order valence-corrected chi connectivity index (χ0v) is 23.7. The van der Waals surface area contributed by atoms with Gasteiger partial charge in [-0.2, -0.15) is 5.10 Å². The van der Waals surface area contributed by atoms with Crippen LogP contribution < -0.4 is 0 Å². The van der Waals surface area contributed by atoms with Crippen molar-refractivity contribution in [2.24, 2.45) is 0 Å². The predicted molar refractivity (Wildman–Crippen MR) is 152 cm³/mol. The lowest BCUT2D eigenvalue weighted by Crippen LogP contribution is -2.41. The van der Waals surface area contributed by atoms with E-state index in [1.165, 1.54) is 6.26 Å². The Morgan fingerprint density at radius 1 is 1.03 bits per heavy atom. The van der Waals surface area contributed by atoms with E-state index in [9.17, 15) is 8.42 Å². The summed E-state index contributed by atoms with van der Waals surface area (Å²) in [5, 5.41) is 5.64. The van der Waals surface area contributed by atoms with Crippen LogP contribution in [-0.2, 0) is 16.4 Å². The number of piperidine rings is 1. The molecule has 0 saturated carbocycles. The van der Waals surface area contributed by atoms with Crippen molar-refractivity contribution >= 4 is 32.8 Å². The van der Waals surface area contributed by atoms with Crippen molar-refractivity contribution in [2.75, 3.05) is 33.4 Å². The van der Waals surface area contributed by atoms with E-state index in [-0.39, 0.29) is 0 Å². The lowest BCUT2D eigenvalue weighted by atomic mass is 10.0.